The summed E-state index contributed by atoms with van der Waals surface area (Å²) in [5.74, 6) is 3.43. The summed E-state index contributed by atoms with van der Waals surface area (Å²) in [6, 6.07) is 100. The molecule has 20 aromatic rings. The molecule has 0 saturated carbocycles. The van der Waals surface area contributed by atoms with Crippen LogP contribution in [0.5, 0.6) is 0 Å². The van der Waals surface area contributed by atoms with Crippen molar-refractivity contribution in [3.8, 4) is 90.6 Å². The number of fused-ring (bicyclic) bond motifs is 18. The van der Waals surface area contributed by atoms with E-state index in [0.717, 1.165) is 132 Å². The highest BCUT2D eigenvalue weighted by molar-refractivity contribution is 8.01. The molecule has 1 aliphatic carbocycles. The van der Waals surface area contributed by atoms with E-state index in [2.05, 4.69) is 256 Å². The first kappa shape index (κ1) is 58.8. The van der Waals surface area contributed by atoms with Crippen molar-refractivity contribution in [2.24, 2.45) is 0 Å². The van der Waals surface area contributed by atoms with Gasteiger partial charge in [-0.3, -0.25) is 0 Å². The van der Waals surface area contributed by atoms with Crippen LogP contribution >= 0.6 is 23.1 Å². The minimum atomic E-state index is -0.151. The summed E-state index contributed by atoms with van der Waals surface area (Å²) in [6.45, 7) is 2.38. The van der Waals surface area contributed by atoms with Gasteiger partial charge in [0.2, 0.25) is 0 Å². The molecule has 0 N–H and O–H groups in total. The van der Waals surface area contributed by atoms with Gasteiger partial charge in [0.25, 0.3) is 0 Å². The van der Waals surface area contributed by atoms with Crippen molar-refractivity contribution in [2.75, 3.05) is 0 Å². The number of hydrogen-bond donors (Lipinski definition) is 0. The van der Waals surface area contributed by atoms with Gasteiger partial charge in [-0.1, -0.05) is 218 Å². The predicted molar refractivity (Wildman–Crippen MR) is 427 cm³/mol. The molecule has 1 aliphatic heterocycles. The van der Waals surface area contributed by atoms with Crippen LogP contribution < -0.4 is 0 Å². The molecule has 0 saturated heterocycles. The minimum absolute atomic E-state index is 0.151. The van der Waals surface area contributed by atoms with E-state index in [1.165, 1.54) is 47.2 Å². The van der Waals surface area contributed by atoms with Gasteiger partial charge in [0.05, 0.1) is 10.3 Å². The van der Waals surface area contributed by atoms with Gasteiger partial charge in [-0.2, -0.15) is 0 Å². The lowest BCUT2D eigenvalue weighted by molar-refractivity contribution is 0.668. The summed E-state index contributed by atoms with van der Waals surface area (Å²) < 4.78 is 23.1. The Kier molecular flexibility index (Phi) is 12.9. The molecule has 0 amide bonds. The molecule has 2 aliphatic rings. The number of aromatic nitrogens is 6. The highest BCUT2D eigenvalue weighted by Crippen LogP contribution is 2.61. The van der Waals surface area contributed by atoms with Gasteiger partial charge in [-0.15, -0.1) is 23.1 Å². The average molecular weight is 1370 g/mol. The topological polar surface area (TPSA) is 117 Å². The third-order valence-corrected chi connectivity index (χ3v) is 24.0. The molecule has 0 bridgehead atoms. The van der Waals surface area contributed by atoms with Crippen molar-refractivity contribution in [3.05, 3.63) is 314 Å². The lowest BCUT2D eigenvalue weighted by atomic mass is 9.76. The van der Waals surface area contributed by atoms with Crippen LogP contribution in [0.2, 0.25) is 0 Å². The Bertz CT molecular complexity index is 7140. The fourth-order valence-electron chi connectivity index (χ4n) is 16.2. The molecule has 7 heterocycles. The summed E-state index contributed by atoms with van der Waals surface area (Å²) in [5, 5.41) is 13.1. The Hall–Kier alpha value is -12.9. The molecular formula is C93H54N6O3S2. The van der Waals surface area contributed by atoms with Crippen molar-refractivity contribution in [1.82, 2.24) is 29.9 Å². The summed E-state index contributed by atoms with van der Waals surface area (Å²) in [4.78, 5) is 33.1. The fraction of sp³-hybridized carbons (Fsp3) is 0.0323. The lowest BCUT2D eigenvalue weighted by Gasteiger charge is -2.34. The second-order valence-electron chi connectivity index (χ2n) is 27.3. The van der Waals surface area contributed by atoms with Crippen LogP contribution in [0.3, 0.4) is 0 Å². The molecule has 0 spiro atoms. The van der Waals surface area contributed by atoms with E-state index < -0.39 is 0 Å². The maximum Gasteiger partial charge on any atom is 0.167 e. The van der Waals surface area contributed by atoms with Crippen LogP contribution in [0, 0.1) is 0 Å². The summed E-state index contributed by atoms with van der Waals surface area (Å²) in [6.07, 6.45) is 6.85. The first-order valence-electron chi connectivity index (χ1n) is 34.9. The summed E-state index contributed by atoms with van der Waals surface area (Å²) in [5.41, 5.74) is 17.5. The lowest BCUT2D eigenvalue weighted by Crippen LogP contribution is -2.27. The number of furan rings is 3. The van der Waals surface area contributed by atoms with Crippen LogP contribution in [0.1, 0.15) is 24.0 Å². The normalized spacial score (nSPS) is 15.1. The number of allylic oxidation sites excluding steroid dienone is 3. The van der Waals surface area contributed by atoms with Crippen molar-refractivity contribution in [1.29, 1.82) is 0 Å². The van der Waals surface area contributed by atoms with Crippen molar-refractivity contribution in [2.45, 2.75) is 22.5 Å². The number of para-hydroxylation sites is 1. The van der Waals surface area contributed by atoms with E-state index in [0.29, 0.717) is 40.5 Å². The van der Waals surface area contributed by atoms with E-state index in [-0.39, 0.29) is 10.7 Å². The Morgan fingerprint density at radius 1 is 0.327 bits per heavy atom. The van der Waals surface area contributed by atoms with E-state index in [1.807, 2.05) is 77.7 Å². The number of thiophene rings is 1. The zero-order chi connectivity index (χ0) is 68.3. The zero-order valence-electron chi connectivity index (χ0n) is 55.7. The molecule has 0 radical (unpaired) electrons. The first-order chi connectivity index (χ1) is 51.3. The molecule has 9 nitrogen and oxygen atoms in total. The molecule has 486 valence electrons. The van der Waals surface area contributed by atoms with Crippen LogP contribution in [0.15, 0.2) is 321 Å². The highest BCUT2D eigenvalue weighted by atomic mass is 32.2. The van der Waals surface area contributed by atoms with Crippen molar-refractivity contribution >= 4 is 136 Å². The van der Waals surface area contributed by atoms with Gasteiger partial charge < -0.3 is 13.3 Å². The number of nitrogens with zero attached hydrogens (tertiary/aromatic N) is 6. The zero-order valence-corrected chi connectivity index (χ0v) is 57.3. The number of benzene rings is 14. The maximum absolute atomic E-state index is 7.02. The molecule has 14 aromatic carbocycles. The van der Waals surface area contributed by atoms with Crippen LogP contribution in [0.25, 0.3) is 204 Å². The largest absolute Gasteiger partial charge is 0.456 e. The third-order valence-electron chi connectivity index (χ3n) is 21.3. The molecule has 2 atom stereocenters. The van der Waals surface area contributed by atoms with Gasteiger partial charge in [-0.25, -0.2) is 29.9 Å². The van der Waals surface area contributed by atoms with Gasteiger partial charge in [0.15, 0.2) is 34.9 Å². The number of hydrogen-bond acceptors (Lipinski definition) is 11. The van der Waals surface area contributed by atoms with Gasteiger partial charge in [0, 0.05) is 91.1 Å². The predicted octanol–water partition coefficient (Wildman–Crippen LogP) is 25.4. The van der Waals surface area contributed by atoms with E-state index in [1.54, 1.807) is 0 Å². The molecule has 6 aromatic heterocycles. The van der Waals surface area contributed by atoms with E-state index in [4.69, 9.17) is 43.2 Å². The molecule has 2 unspecified atom stereocenters. The average Bonchev–Trinajstić information content (AvgIpc) is 1.60. The Morgan fingerprint density at radius 2 is 0.827 bits per heavy atom. The van der Waals surface area contributed by atoms with Crippen LogP contribution in [-0.2, 0) is 0 Å². The van der Waals surface area contributed by atoms with Crippen LogP contribution in [-0.4, -0.2) is 34.7 Å². The monoisotopic (exact) mass is 1370 g/mol. The molecule has 104 heavy (non-hydrogen) atoms. The minimum Gasteiger partial charge on any atom is -0.456 e. The molecule has 11 heteroatoms. The highest BCUT2D eigenvalue weighted by Gasteiger charge is 2.46. The second kappa shape index (κ2) is 22.8. The van der Waals surface area contributed by atoms with Gasteiger partial charge in [-0.05, 0) is 152 Å². The standard InChI is InChI=1S/C93H54N6O3S2/c1-93-75(29-15-30-76(93)71-23-8-10-33-83(71)104-93)57-39-43-66-68-44-40-60(50-81(68)101-79(66)49-57)90-96-88(95-89(97-90)59-37-36-53-35-34-52-16-5-6-21-62(52)74(53)47-59)58-20-11-19-55(46-58)63-24-14-31-77-84(63)72-27-13-28-73(85(72)102-77)92-98-87(54-17-3-2-4-18-54)94-91(99-92)61-41-45-67-65-42-38-56(48-78(65)100-80(67)51-61)64-25-12-26-70-69-22-7-9-32-82(69)103-86(64)70/h2-51,76H,1H3. The first-order valence-corrected chi connectivity index (χ1v) is 36.5. The van der Waals surface area contributed by atoms with E-state index >= 15 is 0 Å². The third kappa shape index (κ3) is 9.26. The van der Waals surface area contributed by atoms with Gasteiger partial charge >= 0.3 is 0 Å². The van der Waals surface area contributed by atoms with Gasteiger partial charge in [0.1, 0.15) is 33.5 Å². The van der Waals surface area contributed by atoms with E-state index in [9.17, 15) is 0 Å². The summed E-state index contributed by atoms with van der Waals surface area (Å²) in [7, 11) is 0. The number of thioether (sulfide) groups is 1. The quantitative estimate of drug-likeness (QED) is 0.129. The fourth-order valence-corrected chi connectivity index (χ4v) is 19.0. The smallest absolute Gasteiger partial charge is 0.167 e. The molecular weight excluding hydrogens is 1310 g/mol. The van der Waals surface area contributed by atoms with Crippen molar-refractivity contribution in [3.63, 3.8) is 0 Å². The Balaban J connectivity index is 0.638. The SMILES string of the molecule is CC12Sc3ccccc3C1C=CC=C2c1ccc2c(c1)oc1cc(-c3nc(-c4cccc(-c5cccc6oc7c(-c8nc(-c9ccccc9)nc(-c9ccc%10c(c9)oc9cc(-c%11cccc%12c%11sc%11ccccc%11%12)ccc9%10)n8)cccc7c56)c4)nc(-c4ccc5ccc6ccccc6c5c4)n3)ccc12. The molecule has 22 rings (SSSR count). The van der Waals surface area contributed by atoms with Crippen LogP contribution in [0.4, 0.5) is 0 Å². The number of rotatable bonds is 9. The Labute approximate surface area is 602 Å². The maximum atomic E-state index is 7.02. The second-order valence-corrected chi connectivity index (χ2v) is 29.8. The van der Waals surface area contributed by atoms with Crippen molar-refractivity contribution < 1.29 is 13.3 Å². The summed E-state index contributed by atoms with van der Waals surface area (Å²) >= 11 is 3.79. The Morgan fingerprint density at radius 3 is 1.58 bits per heavy atom. The molecule has 0 fully saturated rings.